The van der Waals surface area contributed by atoms with Gasteiger partial charge in [0.15, 0.2) is 15.0 Å². The predicted molar refractivity (Wildman–Crippen MR) is 123 cm³/mol. The normalized spacial score (nSPS) is 25.2. The molecule has 2 aromatic rings. The van der Waals surface area contributed by atoms with E-state index in [1.165, 1.54) is 0 Å². The van der Waals surface area contributed by atoms with Crippen LogP contribution in [0.15, 0.2) is 18.2 Å². The number of piperidine rings is 1. The highest BCUT2D eigenvalue weighted by Crippen LogP contribution is 2.32. The van der Waals surface area contributed by atoms with Crippen molar-refractivity contribution in [1.29, 1.82) is 0 Å². The van der Waals surface area contributed by atoms with Crippen LogP contribution in [0.3, 0.4) is 0 Å². The number of benzene rings is 1. The summed E-state index contributed by atoms with van der Waals surface area (Å²) in [6.45, 7) is 4.74. The molecule has 0 aliphatic carbocycles. The number of nitrogens with zero attached hydrogens (tertiary/aromatic N) is 3. The fraction of sp³-hybridized carbons (Fsp3) is 0.619. The summed E-state index contributed by atoms with van der Waals surface area (Å²) >= 11 is 1.65. The first kappa shape index (κ1) is 21.1. The van der Waals surface area contributed by atoms with E-state index in [1.54, 1.807) is 11.3 Å². The van der Waals surface area contributed by atoms with E-state index in [1.807, 2.05) is 18.2 Å². The molecule has 3 aliphatic rings. The van der Waals surface area contributed by atoms with Crippen LogP contribution < -0.4 is 10.2 Å². The van der Waals surface area contributed by atoms with Gasteiger partial charge in [-0.1, -0.05) is 11.3 Å². The minimum Gasteiger partial charge on any atom is -0.378 e. The van der Waals surface area contributed by atoms with E-state index in [0.29, 0.717) is 5.75 Å². The molecule has 5 rings (SSSR count). The Morgan fingerprint density at radius 1 is 1.13 bits per heavy atom. The van der Waals surface area contributed by atoms with Crippen LogP contribution in [0, 0.1) is 5.92 Å². The van der Waals surface area contributed by atoms with E-state index in [4.69, 9.17) is 9.72 Å². The number of aromatic nitrogens is 1. The first-order chi connectivity index (χ1) is 15.0. The number of carbonyl (C=O) groups is 1. The van der Waals surface area contributed by atoms with Gasteiger partial charge in [0.1, 0.15) is 0 Å². The third-order valence-corrected chi connectivity index (χ3v) is 9.38. The monoisotopic (exact) mass is 464 g/mol. The number of carbonyl (C=O) groups excluding carboxylic acids is 1. The van der Waals surface area contributed by atoms with Crippen LogP contribution in [-0.4, -0.2) is 81.1 Å². The highest BCUT2D eigenvalue weighted by molar-refractivity contribution is 7.91. The number of anilines is 2. The van der Waals surface area contributed by atoms with E-state index >= 15 is 0 Å². The summed E-state index contributed by atoms with van der Waals surface area (Å²) in [5, 5.41) is 4.08. The van der Waals surface area contributed by atoms with Crippen LogP contribution in [0.5, 0.6) is 0 Å². The number of amides is 1. The minimum absolute atomic E-state index is 0.0321. The summed E-state index contributed by atoms with van der Waals surface area (Å²) in [5.74, 6) is 0.586. The van der Waals surface area contributed by atoms with Gasteiger partial charge in [-0.15, -0.1) is 0 Å². The summed E-state index contributed by atoms with van der Waals surface area (Å²) in [6.07, 6.45) is 2.26. The van der Waals surface area contributed by atoms with Gasteiger partial charge < -0.3 is 15.0 Å². The molecule has 0 saturated carbocycles. The number of likely N-dealkylation sites (tertiary alicyclic amines) is 1. The third kappa shape index (κ3) is 4.72. The van der Waals surface area contributed by atoms with Crippen molar-refractivity contribution < 1.29 is 17.9 Å². The van der Waals surface area contributed by atoms with Crippen LogP contribution in [-0.2, 0) is 19.4 Å². The molecule has 0 radical (unpaired) electrons. The molecular weight excluding hydrogens is 436 g/mol. The zero-order chi connectivity index (χ0) is 21.4. The van der Waals surface area contributed by atoms with Gasteiger partial charge in [0.05, 0.1) is 34.9 Å². The molecule has 3 fully saturated rings. The second-order valence-electron chi connectivity index (χ2n) is 8.63. The summed E-state index contributed by atoms with van der Waals surface area (Å²) < 4.78 is 30.0. The minimum atomic E-state index is -2.87. The molecule has 168 valence electrons. The van der Waals surface area contributed by atoms with E-state index in [0.717, 1.165) is 79.7 Å². The first-order valence-corrected chi connectivity index (χ1v) is 13.6. The summed E-state index contributed by atoms with van der Waals surface area (Å²) in [6, 6.07) is 6.02. The number of fused-ring (bicyclic) bond motifs is 1. The van der Waals surface area contributed by atoms with Gasteiger partial charge in [0.2, 0.25) is 5.91 Å². The van der Waals surface area contributed by atoms with Gasteiger partial charge >= 0.3 is 0 Å². The maximum Gasteiger partial charge on any atom is 0.227 e. The first-order valence-electron chi connectivity index (χ1n) is 11.0. The number of thiazole rings is 1. The molecule has 1 aromatic carbocycles. The zero-order valence-electron chi connectivity index (χ0n) is 17.5. The van der Waals surface area contributed by atoms with Crippen LogP contribution in [0.25, 0.3) is 10.2 Å². The molecule has 4 heterocycles. The molecule has 10 heteroatoms. The maximum absolute atomic E-state index is 12.8. The summed E-state index contributed by atoms with van der Waals surface area (Å²) in [4.78, 5) is 22.1. The number of ether oxygens (including phenoxy) is 1. The molecular formula is C21H28N4O4S2. The molecule has 0 unspecified atom stereocenters. The summed E-state index contributed by atoms with van der Waals surface area (Å²) in [7, 11) is -2.87. The second-order valence-corrected chi connectivity index (χ2v) is 11.9. The molecule has 0 spiro atoms. The lowest BCUT2D eigenvalue weighted by atomic mass is 9.94. The van der Waals surface area contributed by atoms with Crippen molar-refractivity contribution in [2.24, 2.45) is 5.92 Å². The Labute approximate surface area is 186 Å². The molecule has 1 amide bonds. The fourth-order valence-corrected chi connectivity index (χ4v) is 7.53. The van der Waals surface area contributed by atoms with Crippen molar-refractivity contribution in [3.63, 3.8) is 0 Å². The lowest BCUT2D eigenvalue weighted by molar-refractivity contribution is -0.121. The van der Waals surface area contributed by atoms with Crippen molar-refractivity contribution in [3.8, 4) is 0 Å². The topological polar surface area (TPSA) is 91.8 Å². The largest absolute Gasteiger partial charge is 0.378 e. The lowest BCUT2D eigenvalue weighted by Crippen LogP contribution is -2.44. The van der Waals surface area contributed by atoms with Crippen LogP contribution in [0.4, 0.5) is 10.8 Å². The van der Waals surface area contributed by atoms with Crippen LogP contribution >= 0.6 is 11.3 Å². The zero-order valence-corrected chi connectivity index (χ0v) is 19.1. The number of nitrogens with one attached hydrogen (secondary N) is 1. The van der Waals surface area contributed by atoms with Crippen LogP contribution in [0.1, 0.15) is 19.3 Å². The van der Waals surface area contributed by atoms with E-state index in [-0.39, 0.29) is 23.6 Å². The number of morpholine rings is 1. The van der Waals surface area contributed by atoms with Gasteiger partial charge in [-0.2, -0.15) is 0 Å². The third-order valence-electron chi connectivity index (χ3n) is 6.55. The average molecular weight is 465 g/mol. The number of hydrogen-bond acceptors (Lipinski definition) is 8. The predicted octanol–water partition coefficient (Wildman–Crippen LogP) is 1.97. The van der Waals surface area contributed by atoms with Gasteiger partial charge in [-0.05, 0) is 50.6 Å². The number of hydrogen-bond donors (Lipinski definition) is 1. The smallest absolute Gasteiger partial charge is 0.227 e. The SMILES string of the molecule is O=C(Nc1ccc2nc(N3CCOCC3)sc2c1)C1CCN([C@@H]2CCS(=O)(=O)C2)CC1. The molecule has 1 atom stereocenters. The Morgan fingerprint density at radius 2 is 1.90 bits per heavy atom. The van der Waals surface area contributed by atoms with Gasteiger partial charge in [-0.25, -0.2) is 13.4 Å². The van der Waals surface area contributed by atoms with Gasteiger partial charge in [0.25, 0.3) is 0 Å². The standard InChI is InChI=1S/C21H28N4O4S2/c26-20(15-3-6-24(7-4-15)17-5-12-31(27,28)14-17)22-16-1-2-18-19(13-16)30-21(23-18)25-8-10-29-11-9-25/h1-2,13,15,17H,3-12,14H2,(H,22,26)/t17-/m1/s1. The average Bonchev–Trinajstić information content (AvgIpc) is 3.37. The number of rotatable bonds is 4. The molecule has 1 aromatic heterocycles. The Hall–Kier alpha value is -1.75. The Bertz CT molecular complexity index is 1060. The molecule has 3 saturated heterocycles. The Balaban J connectivity index is 1.18. The van der Waals surface area contributed by atoms with Crippen LogP contribution in [0.2, 0.25) is 0 Å². The lowest BCUT2D eigenvalue weighted by Gasteiger charge is -2.34. The van der Waals surface area contributed by atoms with Crippen molar-refractivity contribution in [3.05, 3.63) is 18.2 Å². The molecule has 0 bridgehead atoms. The molecule has 1 N–H and O–H groups in total. The van der Waals surface area contributed by atoms with Gasteiger partial charge in [0, 0.05) is 30.7 Å². The molecule has 3 aliphatic heterocycles. The fourth-order valence-electron chi connectivity index (χ4n) is 4.71. The van der Waals surface area contributed by atoms with E-state index < -0.39 is 9.84 Å². The molecule has 31 heavy (non-hydrogen) atoms. The second kappa shape index (κ2) is 8.65. The van der Waals surface area contributed by atoms with Crippen molar-refractivity contribution in [2.45, 2.75) is 25.3 Å². The maximum atomic E-state index is 12.8. The van der Waals surface area contributed by atoms with E-state index in [9.17, 15) is 13.2 Å². The number of sulfone groups is 1. The van der Waals surface area contributed by atoms with E-state index in [2.05, 4.69) is 15.1 Å². The van der Waals surface area contributed by atoms with Crippen molar-refractivity contribution in [1.82, 2.24) is 9.88 Å². The van der Waals surface area contributed by atoms with Gasteiger partial charge in [-0.3, -0.25) is 9.69 Å². The van der Waals surface area contributed by atoms with Crippen molar-refractivity contribution >= 4 is 48.1 Å². The highest BCUT2D eigenvalue weighted by atomic mass is 32.2. The Morgan fingerprint density at radius 3 is 2.61 bits per heavy atom. The highest BCUT2D eigenvalue weighted by Gasteiger charge is 2.35. The molecule has 8 nitrogen and oxygen atoms in total. The van der Waals surface area contributed by atoms with Crippen molar-refractivity contribution in [2.75, 3.05) is 61.1 Å². The summed E-state index contributed by atoms with van der Waals surface area (Å²) in [5.41, 5.74) is 1.75. The quantitative estimate of drug-likeness (QED) is 0.740. The Kier molecular flexibility index (Phi) is 5.89.